The molecule has 20 heavy (non-hydrogen) atoms. The Kier molecular flexibility index (Phi) is 5.42. The Morgan fingerprint density at radius 3 is 3.10 bits per heavy atom. The van der Waals surface area contributed by atoms with Crippen LogP contribution in [0.2, 0.25) is 5.02 Å². The second-order valence-electron chi connectivity index (χ2n) is 4.59. The van der Waals surface area contributed by atoms with Gasteiger partial charge in [0.05, 0.1) is 24.1 Å². The van der Waals surface area contributed by atoms with Crippen LogP contribution in [0.4, 0.5) is 5.69 Å². The van der Waals surface area contributed by atoms with Crippen LogP contribution in [0.1, 0.15) is 24.8 Å². The van der Waals surface area contributed by atoms with Crippen molar-refractivity contribution in [2.24, 2.45) is 5.73 Å². The summed E-state index contributed by atoms with van der Waals surface area (Å²) in [5, 5.41) is 3.38. The molecule has 0 saturated carbocycles. The van der Waals surface area contributed by atoms with Crippen LogP contribution >= 0.6 is 11.6 Å². The average molecular weight is 293 g/mol. The molecule has 1 aromatic carbocycles. The standard InChI is InChI=1S/C15H17ClN2O2/c16-14-6-5-12(9-11(14)3-1-7-17)18-15(19)10-13-4-2-8-20-13/h5-6,9,13H,2,4,7-8,10,17H2,(H,18,19). The quantitative estimate of drug-likeness (QED) is 0.839. The van der Waals surface area contributed by atoms with Crippen LogP contribution in [-0.2, 0) is 9.53 Å². The highest BCUT2D eigenvalue weighted by Crippen LogP contribution is 2.21. The van der Waals surface area contributed by atoms with E-state index in [4.69, 9.17) is 22.1 Å². The van der Waals surface area contributed by atoms with E-state index in [2.05, 4.69) is 17.2 Å². The van der Waals surface area contributed by atoms with Gasteiger partial charge in [0, 0.05) is 17.9 Å². The molecule has 1 aromatic rings. The van der Waals surface area contributed by atoms with E-state index in [1.807, 2.05) is 0 Å². The molecule has 1 saturated heterocycles. The van der Waals surface area contributed by atoms with Crippen molar-refractivity contribution < 1.29 is 9.53 Å². The number of halogens is 1. The predicted octanol–water partition coefficient (Wildman–Crippen LogP) is 2.16. The second kappa shape index (κ2) is 7.30. The Bertz CT molecular complexity index is 543. The maximum absolute atomic E-state index is 11.9. The van der Waals surface area contributed by atoms with Gasteiger partial charge in [0.15, 0.2) is 0 Å². The molecule has 3 N–H and O–H groups in total. The number of hydrogen-bond donors (Lipinski definition) is 2. The molecule has 5 heteroatoms. The van der Waals surface area contributed by atoms with Crippen molar-refractivity contribution in [2.45, 2.75) is 25.4 Å². The van der Waals surface area contributed by atoms with Crippen molar-refractivity contribution in [3.63, 3.8) is 0 Å². The number of rotatable bonds is 3. The lowest BCUT2D eigenvalue weighted by atomic mass is 10.1. The number of amides is 1. The van der Waals surface area contributed by atoms with Crippen molar-refractivity contribution in [2.75, 3.05) is 18.5 Å². The van der Waals surface area contributed by atoms with E-state index in [1.165, 1.54) is 0 Å². The number of nitrogens with two attached hydrogens (primary N) is 1. The van der Waals surface area contributed by atoms with Gasteiger partial charge < -0.3 is 15.8 Å². The largest absolute Gasteiger partial charge is 0.378 e. The van der Waals surface area contributed by atoms with E-state index < -0.39 is 0 Å². The number of ether oxygens (including phenoxy) is 1. The molecule has 1 aliphatic rings. The van der Waals surface area contributed by atoms with Gasteiger partial charge in [0.25, 0.3) is 0 Å². The molecule has 2 rings (SSSR count). The molecule has 1 atom stereocenters. The highest BCUT2D eigenvalue weighted by Gasteiger charge is 2.19. The average Bonchev–Trinajstić information content (AvgIpc) is 2.92. The molecule has 0 spiro atoms. The molecule has 1 amide bonds. The first-order valence-electron chi connectivity index (χ1n) is 6.59. The third kappa shape index (κ3) is 4.24. The Morgan fingerprint density at radius 2 is 2.40 bits per heavy atom. The van der Waals surface area contributed by atoms with Gasteiger partial charge in [-0.25, -0.2) is 0 Å². The van der Waals surface area contributed by atoms with Crippen LogP contribution in [0.25, 0.3) is 0 Å². The first kappa shape index (κ1) is 14.9. The van der Waals surface area contributed by atoms with Gasteiger partial charge in [-0.2, -0.15) is 0 Å². The van der Waals surface area contributed by atoms with Gasteiger partial charge >= 0.3 is 0 Å². The Morgan fingerprint density at radius 1 is 1.55 bits per heavy atom. The molecule has 1 fully saturated rings. The molecular weight excluding hydrogens is 276 g/mol. The summed E-state index contributed by atoms with van der Waals surface area (Å²) in [6.07, 6.45) is 2.39. The fourth-order valence-electron chi connectivity index (χ4n) is 2.07. The molecule has 0 aromatic heterocycles. The molecule has 1 unspecified atom stereocenters. The van der Waals surface area contributed by atoms with Gasteiger partial charge in [-0.3, -0.25) is 4.79 Å². The fourth-order valence-corrected chi connectivity index (χ4v) is 2.23. The van der Waals surface area contributed by atoms with Crippen LogP contribution in [0.3, 0.4) is 0 Å². The molecular formula is C15H17ClN2O2. The summed E-state index contributed by atoms with van der Waals surface area (Å²) in [5.74, 6) is 5.56. The monoisotopic (exact) mass is 292 g/mol. The lowest BCUT2D eigenvalue weighted by Crippen LogP contribution is -2.19. The summed E-state index contributed by atoms with van der Waals surface area (Å²) in [4.78, 5) is 11.9. The highest BCUT2D eigenvalue weighted by molar-refractivity contribution is 6.31. The van der Waals surface area contributed by atoms with Crippen LogP contribution in [-0.4, -0.2) is 25.2 Å². The third-order valence-electron chi connectivity index (χ3n) is 3.01. The Balaban J connectivity index is 1.99. The highest BCUT2D eigenvalue weighted by atomic mass is 35.5. The Hall–Kier alpha value is -1.54. The lowest BCUT2D eigenvalue weighted by Gasteiger charge is -2.10. The summed E-state index contributed by atoms with van der Waals surface area (Å²) in [5.41, 5.74) is 6.67. The smallest absolute Gasteiger partial charge is 0.226 e. The van der Waals surface area contributed by atoms with Crippen molar-refractivity contribution in [1.29, 1.82) is 0 Å². The number of benzene rings is 1. The number of carbonyl (C=O) groups excluding carboxylic acids is 1. The molecule has 0 aliphatic carbocycles. The molecule has 0 bridgehead atoms. The maximum Gasteiger partial charge on any atom is 0.226 e. The van der Waals surface area contributed by atoms with Gasteiger partial charge in [-0.05, 0) is 31.0 Å². The summed E-state index contributed by atoms with van der Waals surface area (Å²) >= 11 is 6.03. The van der Waals surface area contributed by atoms with E-state index in [0.717, 1.165) is 19.4 Å². The third-order valence-corrected chi connectivity index (χ3v) is 3.34. The predicted molar refractivity (Wildman–Crippen MR) is 79.6 cm³/mol. The minimum absolute atomic E-state index is 0.0406. The number of carbonyl (C=O) groups is 1. The summed E-state index contributed by atoms with van der Waals surface area (Å²) in [6.45, 7) is 1.02. The van der Waals surface area contributed by atoms with Gasteiger partial charge in [-0.1, -0.05) is 23.4 Å². The van der Waals surface area contributed by atoms with Gasteiger partial charge in [0.1, 0.15) is 0 Å². The van der Waals surface area contributed by atoms with Gasteiger partial charge in [0.2, 0.25) is 5.91 Å². The normalized spacial score (nSPS) is 17.4. The zero-order valence-corrected chi connectivity index (χ0v) is 11.9. The minimum Gasteiger partial charge on any atom is -0.378 e. The molecule has 1 aliphatic heterocycles. The van der Waals surface area contributed by atoms with Crippen LogP contribution in [0, 0.1) is 11.8 Å². The number of hydrogen-bond acceptors (Lipinski definition) is 3. The van der Waals surface area contributed by atoms with E-state index >= 15 is 0 Å². The van der Waals surface area contributed by atoms with E-state index in [1.54, 1.807) is 18.2 Å². The Labute approximate surface area is 123 Å². The van der Waals surface area contributed by atoms with Crippen LogP contribution in [0.15, 0.2) is 18.2 Å². The molecule has 106 valence electrons. The summed E-state index contributed by atoms with van der Waals surface area (Å²) in [7, 11) is 0. The molecule has 1 heterocycles. The minimum atomic E-state index is -0.0584. The summed E-state index contributed by atoms with van der Waals surface area (Å²) in [6, 6.07) is 5.21. The molecule has 4 nitrogen and oxygen atoms in total. The van der Waals surface area contributed by atoms with E-state index in [0.29, 0.717) is 22.7 Å². The number of anilines is 1. The van der Waals surface area contributed by atoms with Gasteiger partial charge in [-0.15, -0.1) is 0 Å². The van der Waals surface area contributed by atoms with Crippen LogP contribution in [0.5, 0.6) is 0 Å². The topological polar surface area (TPSA) is 64.3 Å². The zero-order valence-electron chi connectivity index (χ0n) is 11.1. The summed E-state index contributed by atoms with van der Waals surface area (Å²) < 4.78 is 5.44. The first-order chi connectivity index (χ1) is 9.69. The second-order valence-corrected chi connectivity index (χ2v) is 5.00. The fraction of sp³-hybridized carbons (Fsp3) is 0.400. The first-order valence-corrected chi connectivity index (χ1v) is 6.97. The SMILES string of the molecule is NCC#Cc1cc(NC(=O)CC2CCCO2)ccc1Cl. The van der Waals surface area contributed by atoms with E-state index in [-0.39, 0.29) is 18.6 Å². The van der Waals surface area contributed by atoms with E-state index in [9.17, 15) is 4.79 Å². The lowest BCUT2D eigenvalue weighted by molar-refractivity contribution is -0.118. The van der Waals surface area contributed by atoms with Crippen molar-refractivity contribution in [1.82, 2.24) is 0 Å². The van der Waals surface area contributed by atoms with Crippen molar-refractivity contribution >= 4 is 23.2 Å². The van der Waals surface area contributed by atoms with Crippen LogP contribution < -0.4 is 11.1 Å². The maximum atomic E-state index is 11.9. The van der Waals surface area contributed by atoms with Crippen molar-refractivity contribution in [3.8, 4) is 11.8 Å². The molecule has 0 radical (unpaired) electrons. The zero-order chi connectivity index (χ0) is 14.4. The number of nitrogens with one attached hydrogen (secondary N) is 1. The van der Waals surface area contributed by atoms with Crippen molar-refractivity contribution in [3.05, 3.63) is 28.8 Å².